The van der Waals surface area contributed by atoms with Gasteiger partial charge in [0.25, 0.3) is 0 Å². The van der Waals surface area contributed by atoms with E-state index in [4.69, 9.17) is 0 Å². The van der Waals surface area contributed by atoms with Crippen molar-refractivity contribution in [3.8, 4) is 0 Å². The predicted molar refractivity (Wildman–Crippen MR) is 88.8 cm³/mol. The molecule has 1 fully saturated rings. The van der Waals surface area contributed by atoms with Crippen LogP contribution in [0.1, 0.15) is 39.4 Å². The highest BCUT2D eigenvalue weighted by molar-refractivity contribution is 7.99. The van der Waals surface area contributed by atoms with Crippen LogP contribution in [-0.4, -0.2) is 35.1 Å². The van der Waals surface area contributed by atoms with E-state index in [1.807, 2.05) is 13.1 Å². The van der Waals surface area contributed by atoms with E-state index in [0.717, 1.165) is 29.9 Å². The van der Waals surface area contributed by atoms with Gasteiger partial charge in [-0.25, -0.2) is 9.97 Å². The molecule has 0 aliphatic carbocycles. The molecule has 1 saturated heterocycles. The molecule has 1 aromatic heterocycles. The molecule has 1 aromatic rings. The first-order valence-electron chi connectivity index (χ1n) is 7.38. The van der Waals surface area contributed by atoms with Gasteiger partial charge in [-0.1, -0.05) is 20.8 Å². The maximum absolute atomic E-state index is 4.67. The lowest BCUT2D eigenvalue weighted by Gasteiger charge is -2.23. The van der Waals surface area contributed by atoms with Gasteiger partial charge in [0, 0.05) is 25.1 Å². The van der Waals surface area contributed by atoms with Crippen LogP contribution in [0, 0.1) is 5.92 Å². The molecule has 1 aliphatic heterocycles. The van der Waals surface area contributed by atoms with E-state index in [0.29, 0.717) is 0 Å². The Morgan fingerprint density at radius 3 is 2.45 bits per heavy atom. The highest BCUT2D eigenvalue weighted by atomic mass is 32.2. The van der Waals surface area contributed by atoms with Gasteiger partial charge in [0.05, 0.1) is 0 Å². The minimum atomic E-state index is -0.0369. The van der Waals surface area contributed by atoms with Crippen molar-refractivity contribution in [3.05, 3.63) is 11.9 Å². The van der Waals surface area contributed by atoms with Crippen molar-refractivity contribution in [1.82, 2.24) is 9.97 Å². The molecule has 2 rings (SSSR count). The largest absolute Gasteiger partial charge is 0.373 e. The van der Waals surface area contributed by atoms with Crippen LogP contribution in [0.3, 0.4) is 0 Å². The van der Waals surface area contributed by atoms with E-state index < -0.39 is 0 Å². The first kappa shape index (κ1) is 15.4. The summed E-state index contributed by atoms with van der Waals surface area (Å²) < 4.78 is 0. The maximum atomic E-state index is 4.67. The van der Waals surface area contributed by atoms with Gasteiger partial charge in [0.1, 0.15) is 17.5 Å². The molecule has 1 aliphatic rings. The Morgan fingerprint density at radius 1 is 1.20 bits per heavy atom. The lowest BCUT2D eigenvalue weighted by Crippen LogP contribution is -2.22. The number of hydrogen-bond acceptors (Lipinski definition) is 5. The molecule has 0 spiro atoms. The first-order valence-corrected chi connectivity index (χ1v) is 8.53. The van der Waals surface area contributed by atoms with E-state index in [2.05, 4.69) is 53.1 Å². The summed E-state index contributed by atoms with van der Waals surface area (Å²) in [4.78, 5) is 9.22. The lowest BCUT2D eigenvalue weighted by molar-refractivity contribution is 0.513. The summed E-state index contributed by atoms with van der Waals surface area (Å²) in [6.45, 7) is 7.45. The summed E-state index contributed by atoms with van der Waals surface area (Å²) in [5.74, 6) is 6.07. The Kier molecular flexibility index (Phi) is 5.13. The van der Waals surface area contributed by atoms with E-state index in [9.17, 15) is 0 Å². The third kappa shape index (κ3) is 4.27. The van der Waals surface area contributed by atoms with Crippen LogP contribution in [0.15, 0.2) is 6.07 Å². The molecule has 20 heavy (non-hydrogen) atoms. The summed E-state index contributed by atoms with van der Waals surface area (Å²) >= 11 is 2.07. The van der Waals surface area contributed by atoms with Gasteiger partial charge in [-0.05, 0) is 30.3 Å². The lowest BCUT2D eigenvalue weighted by atomic mass is 9.96. The SMILES string of the molecule is CNc1cc(NCC2CCSCC2)nc(C(C)(C)C)n1. The molecule has 112 valence electrons. The third-order valence-corrected chi connectivity index (χ3v) is 4.61. The summed E-state index contributed by atoms with van der Waals surface area (Å²) in [6.07, 6.45) is 2.63. The number of anilines is 2. The summed E-state index contributed by atoms with van der Waals surface area (Å²) in [5, 5.41) is 6.62. The highest BCUT2D eigenvalue weighted by Crippen LogP contribution is 2.25. The number of hydrogen-bond donors (Lipinski definition) is 2. The highest BCUT2D eigenvalue weighted by Gasteiger charge is 2.19. The Bertz CT molecular complexity index is 436. The molecular formula is C15H26N4S. The van der Waals surface area contributed by atoms with Gasteiger partial charge in [-0.2, -0.15) is 11.8 Å². The minimum Gasteiger partial charge on any atom is -0.373 e. The van der Waals surface area contributed by atoms with Crippen molar-refractivity contribution in [2.75, 3.05) is 35.7 Å². The normalized spacial score (nSPS) is 17.0. The maximum Gasteiger partial charge on any atom is 0.138 e. The average molecular weight is 294 g/mol. The van der Waals surface area contributed by atoms with E-state index in [-0.39, 0.29) is 5.41 Å². The van der Waals surface area contributed by atoms with Gasteiger partial charge >= 0.3 is 0 Å². The molecule has 0 atom stereocenters. The molecule has 0 aromatic carbocycles. The van der Waals surface area contributed by atoms with Crippen molar-refractivity contribution < 1.29 is 0 Å². The number of rotatable bonds is 4. The van der Waals surface area contributed by atoms with Crippen molar-refractivity contribution in [3.63, 3.8) is 0 Å². The molecule has 0 bridgehead atoms. The van der Waals surface area contributed by atoms with Crippen LogP contribution in [0.2, 0.25) is 0 Å². The van der Waals surface area contributed by atoms with Crippen molar-refractivity contribution >= 4 is 23.4 Å². The fourth-order valence-electron chi connectivity index (χ4n) is 2.20. The molecular weight excluding hydrogens is 268 g/mol. The van der Waals surface area contributed by atoms with Gasteiger partial charge < -0.3 is 10.6 Å². The van der Waals surface area contributed by atoms with E-state index >= 15 is 0 Å². The second-order valence-electron chi connectivity index (χ2n) is 6.40. The van der Waals surface area contributed by atoms with Gasteiger partial charge in [0.2, 0.25) is 0 Å². The van der Waals surface area contributed by atoms with Gasteiger partial charge in [-0.3, -0.25) is 0 Å². The van der Waals surface area contributed by atoms with Crippen molar-refractivity contribution in [2.24, 2.45) is 5.92 Å². The topological polar surface area (TPSA) is 49.8 Å². The molecule has 4 nitrogen and oxygen atoms in total. The van der Waals surface area contributed by atoms with Crippen molar-refractivity contribution in [2.45, 2.75) is 39.0 Å². The Labute approximate surface area is 126 Å². The first-order chi connectivity index (χ1) is 9.49. The second kappa shape index (κ2) is 6.66. The van der Waals surface area contributed by atoms with Crippen molar-refractivity contribution in [1.29, 1.82) is 0 Å². The Morgan fingerprint density at radius 2 is 1.85 bits per heavy atom. The second-order valence-corrected chi connectivity index (χ2v) is 7.62. The van der Waals surface area contributed by atoms with Crippen LogP contribution in [0.5, 0.6) is 0 Å². The summed E-state index contributed by atoms with van der Waals surface area (Å²) in [5.41, 5.74) is -0.0369. The molecule has 0 amide bonds. The third-order valence-electron chi connectivity index (χ3n) is 3.57. The smallest absolute Gasteiger partial charge is 0.138 e. The summed E-state index contributed by atoms with van der Waals surface area (Å²) in [7, 11) is 1.90. The number of nitrogens with zero attached hydrogens (tertiary/aromatic N) is 2. The quantitative estimate of drug-likeness (QED) is 0.891. The molecule has 0 unspecified atom stereocenters. The van der Waals surface area contributed by atoms with Crippen LogP contribution in [0.4, 0.5) is 11.6 Å². The Hall–Kier alpha value is -0.970. The number of nitrogens with one attached hydrogen (secondary N) is 2. The Balaban J connectivity index is 2.06. The average Bonchev–Trinajstić information content (AvgIpc) is 2.45. The molecule has 0 radical (unpaired) electrons. The number of aromatic nitrogens is 2. The molecule has 0 saturated carbocycles. The zero-order valence-electron chi connectivity index (χ0n) is 13.0. The van der Waals surface area contributed by atoms with E-state index in [1.165, 1.54) is 24.3 Å². The molecule has 2 N–H and O–H groups in total. The fraction of sp³-hybridized carbons (Fsp3) is 0.733. The molecule has 5 heteroatoms. The van der Waals surface area contributed by atoms with Crippen LogP contribution < -0.4 is 10.6 Å². The minimum absolute atomic E-state index is 0.0369. The standard InChI is InChI=1S/C15H26N4S/c1-15(2,3)14-18-12(16-4)9-13(19-14)17-10-11-5-7-20-8-6-11/h9,11H,5-8,10H2,1-4H3,(H2,16,17,18,19). The van der Waals surface area contributed by atoms with E-state index in [1.54, 1.807) is 0 Å². The zero-order valence-corrected chi connectivity index (χ0v) is 13.8. The van der Waals surface area contributed by atoms with Crippen LogP contribution >= 0.6 is 11.8 Å². The fourth-order valence-corrected chi connectivity index (χ4v) is 3.40. The summed E-state index contributed by atoms with van der Waals surface area (Å²) in [6, 6.07) is 1.99. The van der Waals surface area contributed by atoms with Crippen LogP contribution in [0.25, 0.3) is 0 Å². The number of thioether (sulfide) groups is 1. The predicted octanol–water partition coefficient (Wildman–Crippen LogP) is 3.37. The molecule has 2 heterocycles. The monoisotopic (exact) mass is 294 g/mol. The zero-order chi connectivity index (χ0) is 14.6. The van der Waals surface area contributed by atoms with Crippen LogP contribution in [-0.2, 0) is 5.41 Å². The van der Waals surface area contributed by atoms with Gasteiger partial charge in [-0.15, -0.1) is 0 Å². The van der Waals surface area contributed by atoms with Gasteiger partial charge in [0.15, 0.2) is 0 Å².